The lowest BCUT2D eigenvalue weighted by molar-refractivity contribution is -0.383. The monoisotopic (exact) mass is 1630 g/mol. The zero-order chi connectivity index (χ0) is 86.0. The van der Waals surface area contributed by atoms with Gasteiger partial charge in [-0.25, -0.2) is 74.2 Å². The smallest absolute Gasteiger partial charge is 0.358 e. The highest BCUT2D eigenvalue weighted by Gasteiger charge is 2.22. The van der Waals surface area contributed by atoms with Crippen molar-refractivity contribution in [3.05, 3.63) is 392 Å². The minimum Gasteiger partial charge on any atom is -0.464 e. The number of carbonyl (C=O) groups excluding carboxylic acids is 3. The van der Waals surface area contributed by atoms with Gasteiger partial charge in [0.25, 0.3) is 11.6 Å². The van der Waals surface area contributed by atoms with Crippen molar-refractivity contribution in [3.63, 3.8) is 0 Å². The van der Waals surface area contributed by atoms with Crippen molar-refractivity contribution in [1.82, 2.24) is 105 Å². The van der Waals surface area contributed by atoms with Crippen molar-refractivity contribution < 1.29 is 28.8 Å². The maximum absolute atomic E-state index is 12.3. The predicted octanol–water partition coefficient (Wildman–Crippen LogP) is 16.9. The second-order valence-corrected chi connectivity index (χ2v) is 26.9. The Morgan fingerprint density at radius 2 is 0.902 bits per heavy atom. The normalized spacial score (nSPS) is 10.5. The van der Waals surface area contributed by atoms with Crippen molar-refractivity contribution >= 4 is 79.7 Å². The van der Waals surface area contributed by atoms with E-state index in [4.69, 9.17) is 11.3 Å². The van der Waals surface area contributed by atoms with Crippen molar-refractivity contribution in [2.75, 3.05) is 20.3 Å². The fraction of sp³-hybridized carbons (Fsp3) is 0.109. The van der Waals surface area contributed by atoms with E-state index in [1.807, 2.05) is 237 Å². The highest BCUT2D eigenvalue weighted by Crippen LogP contribution is 2.30. The fourth-order valence-corrected chi connectivity index (χ4v) is 12.7. The molecule has 0 atom stereocenters. The summed E-state index contributed by atoms with van der Waals surface area (Å²) in [6.07, 6.45) is 43.5. The molecule has 0 fully saturated rings. The first kappa shape index (κ1) is 83.9. The van der Waals surface area contributed by atoms with Crippen LogP contribution in [0.3, 0.4) is 0 Å². The third-order valence-corrected chi connectivity index (χ3v) is 18.3. The fourth-order valence-electron chi connectivity index (χ4n) is 12.7. The molecule has 18 aromatic heterocycles. The molecule has 0 saturated carbocycles. The molecular weight excluding hydrogens is 1550 g/mol. The van der Waals surface area contributed by atoms with E-state index in [2.05, 4.69) is 118 Å². The van der Waals surface area contributed by atoms with Gasteiger partial charge in [-0.05, 0) is 125 Å². The first-order valence-corrected chi connectivity index (χ1v) is 38.7. The van der Waals surface area contributed by atoms with E-state index in [0.717, 1.165) is 90.0 Å². The highest BCUT2D eigenvalue weighted by atomic mass is 16.6. The Balaban J connectivity index is 0.000000120. The van der Waals surface area contributed by atoms with Gasteiger partial charge in [0.2, 0.25) is 5.69 Å². The average Bonchev–Trinajstić information content (AvgIpc) is 1.62. The summed E-state index contributed by atoms with van der Waals surface area (Å²) >= 11 is 0. The number of aryl methyl sites for hydroxylation is 4. The van der Waals surface area contributed by atoms with E-state index >= 15 is 0 Å². The number of nitrogens with zero attached hydrogens (tertiary/aromatic N) is 23. The molecule has 1 N–H and O–H groups in total. The Morgan fingerprint density at radius 1 is 0.439 bits per heavy atom. The SMILES string of the molecule is CCNC(=O)c1cn2cnccc2n1.CCOC(=O)c1c(-c2ccccc2)cn2cnccc12.CCc1cn2cnccc2c1[N+](=O)[O-].COC(=O)c1cn2ccccc2n1.Cc1cc2ccncn2c1.Cc1cn2cnccc2n1.[C-]#[N+]c1ccc2nc(C)cn2c1.c1ccc(-c2cn3ccccc3n2)cc1.c1ccc(-c2cn3cnccc3n2)cc1. The molecule has 0 radical (unpaired) electrons. The van der Waals surface area contributed by atoms with Crippen molar-refractivity contribution in [2.24, 2.45) is 0 Å². The number of aromatic nitrogens is 21. The molecule has 123 heavy (non-hydrogen) atoms. The van der Waals surface area contributed by atoms with Crippen LogP contribution < -0.4 is 5.32 Å². The molecule has 18 heterocycles. The summed E-state index contributed by atoms with van der Waals surface area (Å²) < 4.78 is 26.5. The van der Waals surface area contributed by atoms with Crippen LogP contribution in [0.15, 0.2) is 331 Å². The number of benzene rings is 3. The van der Waals surface area contributed by atoms with Crippen molar-refractivity contribution in [3.8, 4) is 33.6 Å². The summed E-state index contributed by atoms with van der Waals surface area (Å²) in [7, 11) is 1.34. The number of rotatable bonds is 10. The number of fused-ring (bicyclic) bond motifs is 9. The third kappa shape index (κ3) is 21.4. The number of amides is 1. The maximum Gasteiger partial charge on any atom is 0.358 e. The topological polar surface area (TPSA) is 324 Å². The highest BCUT2D eigenvalue weighted by molar-refractivity contribution is 6.04. The van der Waals surface area contributed by atoms with E-state index in [1.165, 1.54) is 18.2 Å². The van der Waals surface area contributed by atoms with Crippen LogP contribution in [0.4, 0.5) is 11.4 Å². The lowest BCUT2D eigenvalue weighted by Crippen LogP contribution is -2.22. The standard InChI is InChI=1S/C16H14N2O2.C13H10N2.C12H9N3.C9H10N4O.C9H9N3O2.C9H7N3.C9H8N2O2.C8H8N2.C7H7N3/c1-2-20-16(19)15-13(12-6-4-3-5-7-12)10-18-11-17-9-8-14(15)18;1-2-6-11(7-3-1)12-10-15-9-5-4-8-13(15)14-12;1-2-4-10(5-3-1)11-8-15-9-13-7-6-12(15)14-11;1-2-11-9(14)7-5-13-6-10-4-3-8(13)12-7;1-2-7-5-11-6-10-4-3-8(11)9(7)12(13)14;1-7-5-12-6-8(10-2)3-4-9(12)11-7;1-13-9(12)7-6-11-5-3-2-4-8(11)10-7;1-7-4-8-2-3-9-6-10(8)5-7;1-6-4-10-5-8-3-2-7(10)9-6/h3-11H,2H2,1H3;1-10H;1-9H;3-6H,2H2,1H3,(H,11,14);3-6H,2H2,1H3;3-6H,1H3;2-6H,1H3;2-6H,1H3;2-5H,1H3. The van der Waals surface area contributed by atoms with Crippen LogP contribution >= 0.6 is 0 Å². The molecule has 0 saturated heterocycles. The van der Waals surface area contributed by atoms with Gasteiger partial charge in [0.1, 0.15) is 64.1 Å². The lowest BCUT2D eigenvalue weighted by Gasteiger charge is -2.04. The molecular formula is C92H82N24O7. The summed E-state index contributed by atoms with van der Waals surface area (Å²) in [6.45, 7) is 19.3. The van der Waals surface area contributed by atoms with Gasteiger partial charge in [-0.15, -0.1) is 0 Å². The summed E-state index contributed by atoms with van der Waals surface area (Å²) in [5, 5.41) is 13.5. The molecule has 0 unspecified atom stereocenters. The molecule has 0 bridgehead atoms. The number of carbonyl (C=O) groups is 3. The van der Waals surface area contributed by atoms with Crippen LogP contribution in [-0.4, -0.2) is 142 Å². The van der Waals surface area contributed by atoms with Gasteiger partial charge in [0.15, 0.2) is 5.69 Å². The minimum absolute atomic E-state index is 0.156. The number of methoxy groups -OCH3 is 1. The lowest BCUT2D eigenvalue weighted by atomic mass is 10.0. The van der Waals surface area contributed by atoms with E-state index in [0.29, 0.717) is 47.7 Å². The van der Waals surface area contributed by atoms with E-state index in [1.54, 1.807) is 132 Å². The first-order valence-electron chi connectivity index (χ1n) is 38.7. The maximum atomic E-state index is 12.3. The molecule has 3 aromatic carbocycles. The number of hydrogen-bond acceptors (Lipinski definition) is 19. The second-order valence-electron chi connectivity index (χ2n) is 26.9. The van der Waals surface area contributed by atoms with Crippen LogP contribution in [0.5, 0.6) is 0 Å². The first-order chi connectivity index (χ1) is 60.0. The second kappa shape index (κ2) is 40.7. The average molecular weight is 1640 g/mol. The largest absolute Gasteiger partial charge is 0.464 e. The van der Waals surface area contributed by atoms with Gasteiger partial charge in [0, 0.05) is 146 Å². The number of ether oxygens (including phenoxy) is 2. The summed E-state index contributed by atoms with van der Waals surface area (Å²) in [4.78, 5) is 98.2. The van der Waals surface area contributed by atoms with Crippen LogP contribution in [0.1, 0.15) is 74.6 Å². The molecule has 0 aliphatic heterocycles. The molecule has 31 nitrogen and oxygen atoms in total. The van der Waals surface area contributed by atoms with Gasteiger partial charge >= 0.3 is 11.9 Å². The van der Waals surface area contributed by atoms with E-state index < -0.39 is 5.97 Å². The van der Waals surface area contributed by atoms with Crippen LogP contribution in [0, 0.1) is 37.5 Å². The van der Waals surface area contributed by atoms with Gasteiger partial charge in [-0.2, -0.15) is 0 Å². The summed E-state index contributed by atoms with van der Waals surface area (Å²) in [5.74, 6) is -0.875. The minimum atomic E-state index is -0.413. The Bertz CT molecular complexity index is 6780. The molecule has 21 rings (SSSR count). The zero-order valence-electron chi connectivity index (χ0n) is 67.9. The molecule has 1 amide bonds. The molecule has 21 aromatic rings. The Morgan fingerprint density at radius 3 is 1.43 bits per heavy atom. The summed E-state index contributed by atoms with van der Waals surface area (Å²) in [6, 6.07) is 58.4. The predicted molar refractivity (Wildman–Crippen MR) is 468 cm³/mol. The number of pyridine rings is 3. The summed E-state index contributed by atoms with van der Waals surface area (Å²) in [5.41, 5.74) is 20.1. The molecule has 612 valence electrons. The van der Waals surface area contributed by atoms with Crippen molar-refractivity contribution in [1.29, 1.82) is 0 Å². The Kier molecular flexibility index (Phi) is 27.8. The molecule has 31 heteroatoms. The quantitative estimate of drug-likeness (QED) is 0.0575. The zero-order valence-corrected chi connectivity index (χ0v) is 67.9. The van der Waals surface area contributed by atoms with Crippen LogP contribution in [-0.2, 0) is 15.9 Å². The van der Waals surface area contributed by atoms with Gasteiger partial charge in [-0.1, -0.05) is 116 Å². The van der Waals surface area contributed by atoms with E-state index in [9.17, 15) is 24.5 Å². The van der Waals surface area contributed by atoms with Crippen molar-refractivity contribution in [2.45, 2.75) is 48.0 Å². The Hall–Kier alpha value is -17.0. The number of nitro groups is 1. The number of imidazole rings is 6. The van der Waals surface area contributed by atoms with Gasteiger partial charge in [-0.3, -0.25) is 28.1 Å². The van der Waals surface area contributed by atoms with Gasteiger partial charge < -0.3 is 41.2 Å². The molecule has 0 aliphatic rings. The van der Waals surface area contributed by atoms with Crippen LogP contribution in [0.25, 0.3) is 88.9 Å². The number of nitrogens with one attached hydrogen (secondary N) is 1. The van der Waals surface area contributed by atoms with Gasteiger partial charge in [0.05, 0.1) is 78.0 Å². The Labute approximate surface area is 703 Å². The number of esters is 2. The van der Waals surface area contributed by atoms with Crippen LogP contribution in [0.2, 0.25) is 0 Å². The van der Waals surface area contributed by atoms with E-state index in [-0.39, 0.29) is 22.5 Å². The third-order valence-electron chi connectivity index (χ3n) is 18.3. The molecule has 0 spiro atoms. The number of hydrogen-bond donors (Lipinski definition) is 1. The molecule has 0 aliphatic carbocycles.